The molecule has 0 saturated carbocycles. The number of thiazole rings is 1. The van der Waals surface area contributed by atoms with Crippen LogP contribution in [-0.4, -0.2) is 18.1 Å². The van der Waals surface area contributed by atoms with Crippen LogP contribution in [0.4, 0.5) is 0 Å². The highest BCUT2D eigenvalue weighted by molar-refractivity contribution is 7.11. The molecule has 3 nitrogen and oxygen atoms in total. The Labute approximate surface area is 118 Å². The van der Waals surface area contributed by atoms with Gasteiger partial charge in [-0.25, -0.2) is 4.98 Å². The molecule has 4 heteroatoms. The Morgan fingerprint density at radius 3 is 2.95 bits per heavy atom. The molecule has 0 atom stereocenters. The number of hydrogen-bond donors (Lipinski definition) is 1. The summed E-state index contributed by atoms with van der Waals surface area (Å²) in [6, 6.07) is 8.09. The van der Waals surface area contributed by atoms with Crippen LogP contribution < -0.4 is 10.1 Å². The Morgan fingerprint density at radius 1 is 1.32 bits per heavy atom. The number of aryl methyl sites for hydroxylation is 1. The maximum Gasteiger partial charge on any atom is 0.122 e. The van der Waals surface area contributed by atoms with Crippen LogP contribution in [0.25, 0.3) is 0 Å². The molecule has 0 aliphatic heterocycles. The molecule has 1 aromatic heterocycles. The first-order valence-electron chi connectivity index (χ1n) is 6.62. The lowest BCUT2D eigenvalue weighted by molar-refractivity contribution is 0.319. The van der Waals surface area contributed by atoms with Crippen LogP contribution in [0.2, 0.25) is 0 Å². The van der Waals surface area contributed by atoms with E-state index < -0.39 is 0 Å². The lowest BCUT2D eigenvalue weighted by Crippen LogP contribution is -2.10. The molecule has 0 unspecified atom stereocenters. The van der Waals surface area contributed by atoms with Crippen molar-refractivity contribution < 1.29 is 4.74 Å². The molecule has 1 heterocycles. The van der Waals surface area contributed by atoms with Crippen LogP contribution >= 0.6 is 11.3 Å². The summed E-state index contributed by atoms with van der Waals surface area (Å²) < 4.78 is 5.78. The predicted molar refractivity (Wildman–Crippen MR) is 79.9 cm³/mol. The molecule has 0 saturated heterocycles. The fraction of sp³-hybridized carbons (Fsp3) is 0.400. The molecule has 1 aromatic carbocycles. The van der Waals surface area contributed by atoms with Gasteiger partial charge in [0.25, 0.3) is 0 Å². The summed E-state index contributed by atoms with van der Waals surface area (Å²) in [4.78, 5) is 5.71. The van der Waals surface area contributed by atoms with Crippen molar-refractivity contribution in [1.82, 2.24) is 10.3 Å². The Bertz CT molecular complexity index is 510. The van der Waals surface area contributed by atoms with E-state index in [4.69, 9.17) is 4.74 Å². The number of benzene rings is 1. The minimum atomic E-state index is 0.680. The van der Waals surface area contributed by atoms with Crippen molar-refractivity contribution in [3.63, 3.8) is 0 Å². The molecular formula is C15H20N2OS. The largest absolute Gasteiger partial charge is 0.493 e. The second-order valence-electron chi connectivity index (χ2n) is 4.36. The van der Waals surface area contributed by atoms with Crippen molar-refractivity contribution in [2.45, 2.75) is 26.8 Å². The van der Waals surface area contributed by atoms with Crippen LogP contribution in [0, 0.1) is 6.92 Å². The third-order valence-electron chi connectivity index (χ3n) is 2.82. The van der Waals surface area contributed by atoms with Crippen molar-refractivity contribution in [3.05, 3.63) is 45.9 Å². The number of hydrogen-bond acceptors (Lipinski definition) is 4. The minimum Gasteiger partial charge on any atom is -0.493 e. The first kappa shape index (κ1) is 14.0. The molecule has 0 radical (unpaired) electrons. The smallest absolute Gasteiger partial charge is 0.122 e. The number of rotatable bonds is 7. The van der Waals surface area contributed by atoms with Gasteiger partial charge in [0.1, 0.15) is 5.75 Å². The van der Waals surface area contributed by atoms with Gasteiger partial charge in [0, 0.05) is 24.0 Å². The van der Waals surface area contributed by atoms with Gasteiger partial charge in [0.2, 0.25) is 0 Å². The highest BCUT2D eigenvalue weighted by Gasteiger charge is 2.03. The van der Waals surface area contributed by atoms with Crippen LogP contribution in [0.1, 0.15) is 22.4 Å². The zero-order valence-electron chi connectivity index (χ0n) is 11.5. The van der Waals surface area contributed by atoms with Gasteiger partial charge in [-0.05, 0) is 25.1 Å². The zero-order valence-corrected chi connectivity index (χ0v) is 12.3. The molecule has 2 aromatic rings. The van der Waals surface area contributed by atoms with Crippen molar-refractivity contribution in [2.24, 2.45) is 0 Å². The van der Waals surface area contributed by atoms with Gasteiger partial charge in [0.05, 0.1) is 11.6 Å². The molecule has 0 spiro atoms. The Balaban J connectivity index is 1.79. The summed E-state index contributed by atoms with van der Waals surface area (Å²) in [5, 5.41) is 4.45. The molecule has 0 amide bonds. The summed E-state index contributed by atoms with van der Waals surface area (Å²) in [5.41, 5.74) is 1.18. The van der Waals surface area contributed by atoms with Gasteiger partial charge in [0.15, 0.2) is 0 Å². The van der Waals surface area contributed by atoms with E-state index in [9.17, 15) is 0 Å². The second kappa shape index (κ2) is 7.26. The number of ether oxygens (including phenoxy) is 1. The summed E-state index contributed by atoms with van der Waals surface area (Å²) in [6.45, 7) is 6.75. The lowest BCUT2D eigenvalue weighted by atomic mass is 10.2. The molecule has 102 valence electrons. The first-order chi connectivity index (χ1) is 9.29. The van der Waals surface area contributed by atoms with E-state index in [0.717, 1.165) is 30.3 Å². The molecule has 2 rings (SSSR count). The third-order valence-corrected chi connectivity index (χ3v) is 3.87. The van der Waals surface area contributed by atoms with E-state index in [1.54, 1.807) is 11.3 Å². The van der Waals surface area contributed by atoms with Gasteiger partial charge in [-0.2, -0.15) is 0 Å². The average Bonchev–Trinajstić information content (AvgIpc) is 2.86. The summed E-state index contributed by atoms with van der Waals surface area (Å²) in [7, 11) is 0. The number of nitrogens with zero attached hydrogens (tertiary/aromatic N) is 1. The average molecular weight is 276 g/mol. The maximum atomic E-state index is 5.78. The van der Waals surface area contributed by atoms with Gasteiger partial charge in [-0.15, -0.1) is 11.3 Å². The van der Waals surface area contributed by atoms with Gasteiger partial charge in [-0.3, -0.25) is 0 Å². The van der Waals surface area contributed by atoms with Crippen molar-refractivity contribution in [2.75, 3.05) is 13.2 Å². The highest BCUT2D eigenvalue weighted by atomic mass is 32.1. The normalized spacial score (nSPS) is 10.6. The Morgan fingerprint density at radius 2 is 2.16 bits per heavy atom. The monoisotopic (exact) mass is 276 g/mol. The van der Waals surface area contributed by atoms with Crippen LogP contribution in [0.3, 0.4) is 0 Å². The predicted octanol–water partition coefficient (Wildman–Crippen LogP) is 3.18. The van der Waals surface area contributed by atoms with E-state index in [0.29, 0.717) is 6.61 Å². The van der Waals surface area contributed by atoms with E-state index in [-0.39, 0.29) is 0 Å². The lowest BCUT2D eigenvalue weighted by Gasteiger charge is -2.07. The quantitative estimate of drug-likeness (QED) is 0.843. The third kappa shape index (κ3) is 4.33. The van der Waals surface area contributed by atoms with Gasteiger partial charge in [-0.1, -0.05) is 25.1 Å². The molecule has 0 fully saturated rings. The summed E-state index contributed by atoms with van der Waals surface area (Å²) >= 11 is 1.76. The summed E-state index contributed by atoms with van der Waals surface area (Å²) in [5.74, 6) is 0.965. The molecule has 0 aliphatic rings. The zero-order chi connectivity index (χ0) is 13.5. The van der Waals surface area contributed by atoms with Crippen LogP contribution in [0.15, 0.2) is 30.5 Å². The first-order valence-corrected chi connectivity index (χ1v) is 7.44. The van der Waals surface area contributed by atoms with Gasteiger partial charge < -0.3 is 10.1 Å². The van der Waals surface area contributed by atoms with E-state index >= 15 is 0 Å². The van der Waals surface area contributed by atoms with Crippen LogP contribution in [-0.2, 0) is 13.0 Å². The van der Waals surface area contributed by atoms with E-state index in [2.05, 4.69) is 30.2 Å². The topological polar surface area (TPSA) is 34.2 Å². The van der Waals surface area contributed by atoms with Crippen molar-refractivity contribution in [3.8, 4) is 5.75 Å². The van der Waals surface area contributed by atoms with Gasteiger partial charge >= 0.3 is 0 Å². The molecule has 0 aliphatic carbocycles. The molecular weight excluding hydrogens is 256 g/mol. The van der Waals surface area contributed by atoms with Crippen LogP contribution in [0.5, 0.6) is 5.75 Å². The number of para-hydroxylation sites is 1. The Hall–Kier alpha value is -1.39. The number of nitrogens with one attached hydrogen (secondary N) is 1. The Kier molecular flexibility index (Phi) is 5.36. The standard InChI is InChI=1S/C15H20N2OS/c1-3-16-10-13-11-17-15(19-13)8-9-18-14-7-5-4-6-12(14)2/h4-7,11,16H,3,8-10H2,1-2H3. The fourth-order valence-corrected chi connectivity index (χ4v) is 2.63. The molecule has 1 N–H and O–H groups in total. The minimum absolute atomic E-state index is 0.680. The number of aromatic nitrogens is 1. The fourth-order valence-electron chi connectivity index (χ4n) is 1.76. The maximum absolute atomic E-state index is 5.78. The van der Waals surface area contributed by atoms with Crippen molar-refractivity contribution in [1.29, 1.82) is 0 Å². The van der Waals surface area contributed by atoms with E-state index in [1.807, 2.05) is 24.4 Å². The SMILES string of the molecule is CCNCc1cnc(CCOc2ccccc2C)s1. The summed E-state index contributed by atoms with van der Waals surface area (Å²) in [6.07, 6.45) is 2.82. The molecule has 19 heavy (non-hydrogen) atoms. The van der Waals surface area contributed by atoms with E-state index in [1.165, 1.54) is 10.4 Å². The van der Waals surface area contributed by atoms with Crippen molar-refractivity contribution >= 4 is 11.3 Å². The second-order valence-corrected chi connectivity index (χ2v) is 5.56. The highest BCUT2D eigenvalue weighted by Crippen LogP contribution is 2.17. The molecule has 0 bridgehead atoms.